The molecule has 0 aromatic heterocycles. The molecule has 0 aliphatic carbocycles. The summed E-state index contributed by atoms with van der Waals surface area (Å²) in [5, 5.41) is 2.83. The van der Waals surface area contributed by atoms with Crippen molar-refractivity contribution >= 4 is 5.91 Å². The normalized spacial score (nSPS) is 15.2. The summed E-state index contributed by atoms with van der Waals surface area (Å²) in [4.78, 5) is 11.5. The van der Waals surface area contributed by atoms with Gasteiger partial charge in [0.1, 0.15) is 5.75 Å². The second-order valence-corrected chi connectivity index (χ2v) is 4.29. The lowest BCUT2D eigenvalue weighted by Crippen LogP contribution is -2.49. The highest BCUT2D eigenvalue weighted by Gasteiger charge is 2.20. The fraction of sp³-hybridized carbons (Fsp3) is 0.462. The summed E-state index contributed by atoms with van der Waals surface area (Å²) >= 11 is 0. The zero-order chi connectivity index (χ0) is 12.3. The van der Waals surface area contributed by atoms with Gasteiger partial charge in [-0.25, -0.2) is 0 Å². The van der Waals surface area contributed by atoms with Crippen molar-refractivity contribution in [2.75, 3.05) is 19.8 Å². The van der Waals surface area contributed by atoms with E-state index in [4.69, 9.17) is 9.47 Å². The molecule has 0 atom stereocenters. The molecule has 1 heterocycles. The van der Waals surface area contributed by atoms with E-state index < -0.39 is 0 Å². The minimum absolute atomic E-state index is 0.0563. The summed E-state index contributed by atoms with van der Waals surface area (Å²) in [7, 11) is 0. The lowest BCUT2D eigenvalue weighted by Gasteiger charge is -2.26. The molecule has 17 heavy (non-hydrogen) atoms. The number of amides is 1. The third-order valence-corrected chi connectivity index (χ3v) is 2.92. The van der Waals surface area contributed by atoms with Crippen LogP contribution in [0.3, 0.4) is 0 Å². The van der Waals surface area contributed by atoms with Crippen molar-refractivity contribution in [2.24, 2.45) is 0 Å². The van der Waals surface area contributed by atoms with E-state index in [1.165, 1.54) is 0 Å². The van der Waals surface area contributed by atoms with E-state index in [1.807, 2.05) is 32.0 Å². The maximum Gasteiger partial charge on any atom is 0.258 e. The Kier molecular flexibility index (Phi) is 3.64. The molecule has 4 nitrogen and oxygen atoms in total. The number of carbonyl (C=O) groups excluding carboxylic acids is 1. The molecule has 0 radical (unpaired) electrons. The van der Waals surface area contributed by atoms with Crippen LogP contribution in [0.15, 0.2) is 18.2 Å². The maximum atomic E-state index is 11.5. The SMILES string of the molecule is Cc1cccc(OCC(=O)NC2COC2)c1C. The van der Waals surface area contributed by atoms with E-state index in [1.54, 1.807) is 0 Å². The number of aryl methyl sites for hydroxylation is 1. The van der Waals surface area contributed by atoms with Crippen LogP contribution in [0.1, 0.15) is 11.1 Å². The highest BCUT2D eigenvalue weighted by molar-refractivity contribution is 5.78. The van der Waals surface area contributed by atoms with Crippen molar-refractivity contribution in [2.45, 2.75) is 19.9 Å². The van der Waals surface area contributed by atoms with E-state index in [0.29, 0.717) is 13.2 Å². The molecule has 1 aromatic carbocycles. The first kappa shape index (κ1) is 11.9. The third kappa shape index (κ3) is 2.97. The van der Waals surface area contributed by atoms with Crippen LogP contribution < -0.4 is 10.1 Å². The molecule has 0 bridgehead atoms. The van der Waals surface area contributed by atoms with Gasteiger partial charge in [0.2, 0.25) is 0 Å². The monoisotopic (exact) mass is 235 g/mol. The molecular weight excluding hydrogens is 218 g/mol. The number of carbonyl (C=O) groups is 1. The molecule has 1 saturated heterocycles. The van der Waals surface area contributed by atoms with Crippen molar-refractivity contribution in [1.29, 1.82) is 0 Å². The van der Waals surface area contributed by atoms with Crippen molar-refractivity contribution in [3.05, 3.63) is 29.3 Å². The fourth-order valence-corrected chi connectivity index (χ4v) is 1.61. The summed E-state index contributed by atoms with van der Waals surface area (Å²) in [6.07, 6.45) is 0. The van der Waals surface area contributed by atoms with Crippen LogP contribution in [0.5, 0.6) is 5.75 Å². The second kappa shape index (κ2) is 5.19. The Morgan fingerprint density at radius 3 is 2.88 bits per heavy atom. The average molecular weight is 235 g/mol. The molecule has 0 saturated carbocycles. The van der Waals surface area contributed by atoms with Gasteiger partial charge in [-0.1, -0.05) is 12.1 Å². The van der Waals surface area contributed by atoms with Crippen LogP contribution in [0.25, 0.3) is 0 Å². The number of ether oxygens (including phenoxy) is 2. The van der Waals surface area contributed by atoms with Gasteiger partial charge in [-0.2, -0.15) is 0 Å². The zero-order valence-corrected chi connectivity index (χ0v) is 10.2. The van der Waals surface area contributed by atoms with Crippen molar-refractivity contribution in [3.63, 3.8) is 0 Å². The Morgan fingerprint density at radius 2 is 2.24 bits per heavy atom. The van der Waals surface area contributed by atoms with Crippen LogP contribution in [-0.2, 0) is 9.53 Å². The van der Waals surface area contributed by atoms with Gasteiger partial charge in [0.05, 0.1) is 19.3 Å². The quantitative estimate of drug-likeness (QED) is 0.853. The smallest absolute Gasteiger partial charge is 0.258 e. The van der Waals surface area contributed by atoms with Gasteiger partial charge in [0.25, 0.3) is 5.91 Å². The van der Waals surface area contributed by atoms with Gasteiger partial charge < -0.3 is 14.8 Å². The largest absolute Gasteiger partial charge is 0.483 e. The summed E-state index contributed by atoms with van der Waals surface area (Å²) in [5.74, 6) is 0.671. The summed E-state index contributed by atoms with van der Waals surface area (Å²) in [6.45, 7) is 5.28. The van der Waals surface area contributed by atoms with Crippen LogP contribution in [0, 0.1) is 13.8 Å². The second-order valence-electron chi connectivity index (χ2n) is 4.29. The van der Waals surface area contributed by atoms with Crippen LogP contribution in [0.2, 0.25) is 0 Å². The molecule has 1 aliphatic heterocycles. The van der Waals surface area contributed by atoms with Gasteiger partial charge in [-0.3, -0.25) is 4.79 Å². The summed E-state index contributed by atoms with van der Waals surface area (Å²) in [5.41, 5.74) is 2.24. The summed E-state index contributed by atoms with van der Waals surface area (Å²) < 4.78 is 10.5. The fourth-order valence-electron chi connectivity index (χ4n) is 1.61. The first-order valence-corrected chi connectivity index (χ1v) is 5.73. The lowest BCUT2D eigenvalue weighted by atomic mass is 10.1. The molecule has 92 valence electrons. The minimum Gasteiger partial charge on any atom is -0.483 e. The number of benzene rings is 1. The third-order valence-electron chi connectivity index (χ3n) is 2.92. The Bertz CT molecular complexity index is 413. The van der Waals surface area contributed by atoms with E-state index in [0.717, 1.165) is 16.9 Å². The number of nitrogens with one attached hydrogen (secondary N) is 1. The van der Waals surface area contributed by atoms with Crippen molar-refractivity contribution in [1.82, 2.24) is 5.32 Å². The first-order valence-electron chi connectivity index (χ1n) is 5.73. The molecule has 2 rings (SSSR count). The zero-order valence-electron chi connectivity index (χ0n) is 10.2. The maximum absolute atomic E-state index is 11.5. The van der Waals surface area contributed by atoms with E-state index >= 15 is 0 Å². The van der Waals surface area contributed by atoms with Crippen molar-refractivity contribution in [3.8, 4) is 5.75 Å². The number of hydrogen-bond acceptors (Lipinski definition) is 3. The molecule has 1 aliphatic rings. The molecule has 0 unspecified atom stereocenters. The molecular formula is C13H17NO3. The molecule has 0 spiro atoms. The van der Waals surface area contributed by atoms with Gasteiger partial charge >= 0.3 is 0 Å². The van der Waals surface area contributed by atoms with Crippen molar-refractivity contribution < 1.29 is 14.3 Å². The Morgan fingerprint density at radius 1 is 1.47 bits per heavy atom. The first-order chi connectivity index (χ1) is 8.16. The minimum atomic E-state index is -0.0980. The Balaban J connectivity index is 1.84. The Hall–Kier alpha value is -1.55. The topological polar surface area (TPSA) is 47.6 Å². The standard InChI is InChI=1S/C13H17NO3/c1-9-4-3-5-12(10(9)2)17-8-13(15)14-11-6-16-7-11/h3-5,11H,6-8H2,1-2H3,(H,14,15). The van der Waals surface area contributed by atoms with Gasteiger partial charge in [-0.15, -0.1) is 0 Å². The molecule has 1 N–H and O–H groups in total. The predicted molar refractivity (Wildman–Crippen MR) is 64.2 cm³/mol. The van der Waals surface area contributed by atoms with E-state index in [9.17, 15) is 4.79 Å². The predicted octanol–water partition coefficient (Wildman–Crippen LogP) is 1.20. The van der Waals surface area contributed by atoms with E-state index in [-0.39, 0.29) is 18.6 Å². The molecule has 1 fully saturated rings. The van der Waals surface area contributed by atoms with Crippen LogP contribution in [-0.4, -0.2) is 31.8 Å². The number of hydrogen-bond donors (Lipinski definition) is 1. The lowest BCUT2D eigenvalue weighted by molar-refractivity contribution is -0.127. The van der Waals surface area contributed by atoms with Gasteiger partial charge in [0, 0.05) is 0 Å². The number of rotatable bonds is 4. The average Bonchev–Trinajstić information content (AvgIpc) is 2.26. The van der Waals surface area contributed by atoms with Gasteiger partial charge in [0.15, 0.2) is 6.61 Å². The highest BCUT2D eigenvalue weighted by atomic mass is 16.5. The van der Waals surface area contributed by atoms with Crippen LogP contribution in [0.4, 0.5) is 0 Å². The van der Waals surface area contributed by atoms with Crippen LogP contribution >= 0.6 is 0 Å². The molecule has 4 heteroatoms. The highest BCUT2D eigenvalue weighted by Crippen LogP contribution is 2.20. The van der Waals surface area contributed by atoms with Gasteiger partial charge in [-0.05, 0) is 31.0 Å². The Labute approximate surface area is 101 Å². The molecule has 1 aromatic rings. The molecule has 1 amide bonds. The van der Waals surface area contributed by atoms with E-state index in [2.05, 4.69) is 5.32 Å². The summed E-state index contributed by atoms with van der Waals surface area (Å²) in [6, 6.07) is 5.98.